The van der Waals surface area contributed by atoms with Crippen molar-refractivity contribution in [1.29, 1.82) is 0 Å². The second kappa shape index (κ2) is 6.79. The first-order valence-corrected chi connectivity index (χ1v) is 9.24. The van der Waals surface area contributed by atoms with Crippen molar-refractivity contribution in [3.8, 4) is 0 Å². The molecule has 0 spiro atoms. The minimum Gasteiger partial charge on any atom is -0.382 e. The maximum absolute atomic E-state index is 12.0. The summed E-state index contributed by atoms with van der Waals surface area (Å²) in [6.07, 6.45) is 4.91. The van der Waals surface area contributed by atoms with Gasteiger partial charge in [-0.15, -0.1) is 0 Å². The molecule has 4 nitrogen and oxygen atoms in total. The van der Waals surface area contributed by atoms with Crippen molar-refractivity contribution in [2.75, 3.05) is 5.32 Å². The van der Waals surface area contributed by atoms with Crippen molar-refractivity contribution in [2.24, 2.45) is 5.92 Å². The fraction of sp³-hybridized carbons (Fsp3) is 0.625. The third kappa shape index (κ3) is 4.71. The van der Waals surface area contributed by atoms with Gasteiger partial charge >= 0.3 is 0 Å². The Morgan fingerprint density at radius 3 is 2.14 bits per heavy atom. The molecule has 1 saturated carbocycles. The van der Waals surface area contributed by atoms with Crippen LogP contribution in [0.25, 0.3) is 0 Å². The zero-order chi connectivity index (χ0) is 15.5. The molecule has 0 amide bonds. The van der Waals surface area contributed by atoms with Gasteiger partial charge in [-0.1, -0.05) is 6.92 Å². The van der Waals surface area contributed by atoms with Crippen molar-refractivity contribution in [3.63, 3.8) is 0 Å². The third-order valence-corrected chi connectivity index (χ3v) is 5.62. The smallest absolute Gasteiger partial charge is 0.240 e. The highest BCUT2D eigenvalue weighted by Crippen LogP contribution is 2.26. The fourth-order valence-electron chi connectivity index (χ4n) is 2.75. The Kier molecular flexibility index (Phi) is 5.27. The number of anilines is 1. The van der Waals surface area contributed by atoms with Crippen LogP contribution in [0.15, 0.2) is 29.2 Å². The van der Waals surface area contributed by atoms with Gasteiger partial charge in [-0.2, -0.15) is 0 Å². The summed E-state index contributed by atoms with van der Waals surface area (Å²) in [6, 6.07) is 7.45. The standard InChI is InChI=1S/C16H26N2O2S/c1-12(2)18-21(19,20)16-10-8-15(9-11-16)17-14-6-4-13(3)5-7-14/h8-14,17-18H,4-7H2,1-3H3. The van der Waals surface area contributed by atoms with Gasteiger partial charge in [0.05, 0.1) is 4.90 Å². The summed E-state index contributed by atoms with van der Waals surface area (Å²) in [7, 11) is -3.39. The van der Waals surface area contributed by atoms with Crippen molar-refractivity contribution in [2.45, 2.75) is 63.4 Å². The van der Waals surface area contributed by atoms with Crippen LogP contribution >= 0.6 is 0 Å². The van der Waals surface area contributed by atoms with Crippen LogP contribution in [0.3, 0.4) is 0 Å². The predicted octanol–water partition coefficient (Wildman–Crippen LogP) is 3.36. The van der Waals surface area contributed by atoms with Gasteiger partial charge in [0, 0.05) is 17.8 Å². The summed E-state index contributed by atoms with van der Waals surface area (Å²) >= 11 is 0. The first-order valence-electron chi connectivity index (χ1n) is 7.76. The second-order valence-electron chi connectivity index (χ2n) is 6.40. The van der Waals surface area contributed by atoms with E-state index in [1.807, 2.05) is 26.0 Å². The molecule has 21 heavy (non-hydrogen) atoms. The van der Waals surface area contributed by atoms with Gasteiger partial charge in [0.1, 0.15) is 0 Å². The summed E-state index contributed by atoms with van der Waals surface area (Å²) in [4.78, 5) is 0.319. The van der Waals surface area contributed by atoms with Crippen LogP contribution in [0.5, 0.6) is 0 Å². The molecule has 1 aromatic carbocycles. The first-order chi connectivity index (χ1) is 9.87. The summed E-state index contributed by atoms with van der Waals surface area (Å²) in [6.45, 7) is 5.94. The average molecular weight is 310 g/mol. The highest BCUT2D eigenvalue weighted by Gasteiger charge is 2.18. The molecular formula is C16H26N2O2S. The van der Waals surface area contributed by atoms with Gasteiger partial charge < -0.3 is 5.32 Å². The van der Waals surface area contributed by atoms with E-state index in [-0.39, 0.29) is 6.04 Å². The van der Waals surface area contributed by atoms with E-state index in [1.54, 1.807) is 12.1 Å². The number of hydrogen-bond donors (Lipinski definition) is 2. The van der Waals surface area contributed by atoms with E-state index in [2.05, 4.69) is 17.0 Å². The summed E-state index contributed by atoms with van der Waals surface area (Å²) in [5, 5.41) is 3.51. The Morgan fingerprint density at radius 2 is 1.62 bits per heavy atom. The molecule has 1 fully saturated rings. The van der Waals surface area contributed by atoms with Crippen molar-refractivity contribution >= 4 is 15.7 Å². The zero-order valence-corrected chi connectivity index (χ0v) is 13.9. The van der Waals surface area contributed by atoms with Crippen molar-refractivity contribution < 1.29 is 8.42 Å². The summed E-state index contributed by atoms with van der Waals surface area (Å²) in [5.41, 5.74) is 0.998. The molecule has 0 radical (unpaired) electrons. The normalized spacial score (nSPS) is 23.2. The van der Waals surface area contributed by atoms with Crippen LogP contribution in [0, 0.1) is 5.92 Å². The molecule has 118 valence electrons. The number of benzene rings is 1. The molecule has 0 saturated heterocycles. The van der Waals surface area contributed by atoms with E-state index in [1.165, 1.54) is 25.7 Å². The maximum atomic E-state index is 12.0. The van der Waals surface area contributed by atoms with Gasteiger partial charge in [-0.05, 0) is 69.7 Å². The van der Waals surface area contributed by atoms with Gasteiger partial charge in [-0.25, -0.2) is 13.1 Å². The monoisotopic (exact) mass is 310 g/mol. The molecule has 1 aromatic rings. The SMILES string of the molecule is CC1CCC(Nc2ccc(S(=O)(=O)NC(C)C)cc2)CC1. The fourth-order valence-corrected chi connectivity index (χ4v) is 4.00. The molecule has 5 heteroatoms. The summed E-state index contributed by atoms with van der Waals surface area (Å²) < 4.78 is 26.7. The van der Waals surface area contributed by atoms with Gasteiger partial charge in [-0.3, -0.25) is 0 Å². The van der Waals surface area contributed by atoms with E-state index < -0.39 is 10.0 Å². The number of rotatable bonds is 5. The van der Waals surface area contributed by atoms with E-state index in [9.17, 15) is 8.42 Å². The molecule has 2 rings (SSSR count). The highest BCUT2D eigenvalue weighted by molar-refractivity contribution is 7.89. The van der Waals surface area contributed by atoms with Crippen LogP contribution in [-0.2, 0) is 10.0 Å². The first kappa shape index (κ1) is 16.3. The van der Waals surface area contributed by atoms with Crippen molar-refractivity contribution in [3.05, 3.63) is 24.3 Å². The maximum Gasteiger partial charge on any atom is 0.240 e. The van der Waals surface area contributed by atoms with Crippen LogP contribution in [0.4, 0.5) is 5.69 Å². The topological polar surface area (TPSA) is 58.2 Å². The Morgan fingerprint density at radius 1 is 1.05 bits per heavy atom. The number of hydrogen-bond acceptors (Lipinski definition) is 3. The quantitative estimate of drug-likeness (QED) is 0.876. The largest absolute Gasteiger partial charge is 0.382 e. The lowest BCUT2D eigenvalue weighted by Crippen LogP contribution is -2.30. The molecule has 0 unspecified atom stereocenters. The number of nitrogens with one attached hydrogen (secondary N) is 2. The molecule has 2 N–H and O–H groups in total. The Hall–Kier alpha value is -1.07. The number of sulfonamides is 1. The Labute approximate surface area is 128 Å². The van der Waals surface area contributed by atoms with Crippen molar-refractivity contribution in [1.82, 2.24) is 4.72 Å². The predicted molar refractivity (Wildman–Crippen MR) is 86.9 cm³/mol. The Balaban J connectivity index is 1.99. The lowest BCUT2D eigenvalue weighted by Gasteiger charge is -2.27. The van der Waals surface area contributed by atoms with Crippen LogP contribution < -0.4 is 10.0 Å². The van der Waals surface area contributed by atoms with Gasteiger partial charge in [0.25, 0.3) is 0 Å². The minimum atomic E-state index is -3.39. The lowest BCUT2D eigenvalue weighted by atomic mass is 9.87. The van der Waals surface area contributed by atoms with E-state index in [0.29, 0.717) is 10.9 Å². The molecule has 1 aliphatic rings. The van der Waals surface area contributed by atoms with E-state index in [0.717, 1.165) is 11.6 Å². The lowest BCUT2D eigenvalue weighted by molar-refractivity contribution is 0.361. The second-order valence-corrected chi connectivity index (χ2v) is 8.12. The van der Waals surface area contributed by atoms with Gasteiger partial charge in [0.2, 0.25) is 10.0 Å². The Bertz CT molecular complexity index is 544. The third-order valence-electron chi connectivity index (χ3n) is 3.94. The van der Waals surface area contributed by atoms with E-state index in [4.69, 9.17) is 0 Å². The highest BCUT2D eigenvalue weighted by atomic mass is 32.2. The molecule has 1 aliphatic carbocycles. The molecular weight excluding hydrogens is 284 g/mol. The molecule has 0 bridgehead atoms. The minimum absolute atomic E-state index is 0.1000. The van der Waals surface area contributed by atoms with Crippen LogP contribution in [-0.4, -0.2) is 20.5 Å². The van der Waals surface area contributed by atoms with Crippen LogP contribution in [0.2, 0.25) is 0 Å². The molecule has 0 aliphatic heterocycles. The molecule has 0 atom stereocenters. The van der Waals surface area contributed by atoms with E-state index >= 15 is 0 Å². The zero-order valence-electron chi connectivity index (χ0n) is 13.1. The average Bonchev–Trinajstić information content (AvgIpc) is 2.41. The molecule has 0 heterocycles. The van der Waals surface area contributed by atoms with Gasteiger partial charge in [0.15, 0.2) is 0 Å². The van der Waals surface area contributed by atoms with Crippen LogP contribution in [0.1, 0.15) is 46.5 Å². The molecule has 0 aromatic heterocycles. The summed E-state index contributed by atoms with van der Waals surface area (Å²) in [5.74, 6) is 0.831.